The first-order chi connectivity index (χ1) is 13.6. The van der Waals surface area contributed by atoms with E-state index in [9.17, 15) is 15.2 Å². The van der Waals surface area contributed by atoms with Gasteiger partial charge >= 0.3 is 0 Å². The van der Waals surface area contributed by atoms with Gasteiger partial charge in [0.15, 0.2) is 5.11 Å². The van der Waals surface area contributed by atoms with E-state index in [1.807, 2.05) is 29.2 Å². The molecule has 2 aromatic carbocycles. The molecular formula is C21H19N3O3S. The lowest BCUT2D eigenvalue weighted by Crippen LogP contribution is -2.55. The zero-order valence-electron chi connectivity index (χ0n) is 15.4. The van der Waals surface area contributed by atoms with E-state index in [-0.39, 0.29) is 12.5 Å². The number of carbonyl (C=O) groups is 1. The lowest BCUT2D eigenvalue weighted by atomic mass is 9.75. The zero-order chi connectivity index (χ0) is 19.9. The average Bonchev–Trinajstić information content (AvgIpc) is 2.94. The molecule has 28 heavy (non-hydrogen) atoms. The highest BCUT2D eigenvalue weighted by molar-refractivity contribution is 7.81. The predicted molar refractivity (Wildman–Crippen MR) is 109 cm³/mol. The van der Waals surface area contributed by atoms with Crippen molar-refractivity contribution in [3.05, 3.63) is 53.6 Å². The summed E-state index contributed by atoms with van der Waals surface area (Å²) < 4.78 is 5.30. The highest BCUT2D eigenvalue weighted by Crippen LogP contribution is 2.48. The van der Waals surface area contributed by atoms with Crippen molar-refractivity contribution < 1.29 is 14.6 Å². The Morgan fingerprint density at radius 2 is 1.89 bits per heavy atom. The van der Waals surface area contributed by atoms with E-state index in [0.717, 1.165) is 30.5 Å². The van der Waals surface area contributed by atoms with Crippen LogP contribution in [0.25, 0.3) is 0 Å². The van der Waals surface area contributed by atoms with Crippen molar-refractivity contribution in [2.24, 2.45) is 0 Å². The number of methoxy groups -OCH3 is 1. The number of aliphatic hydroxyl groups excluding tert-OH is 1. The molecule has 1 N–H and O–H groups in total. The minimum atomic E-state index is -0.668. The number of ether oxygens (including phenoxy) is 1. The van der Waals surface area contributed by atoms with Gasteiger partial charge in [-0.3, -0.25) is 9.69 Å². The highest BCUT2D eigenvalue weighted by Gasteiger charge is 2.59. The number of carbonyl (C=O) groups excluding carboxylic acids is 1. The lowest BCUT2D eigenvalue weighted by molar-refractivity contribution is -0.123. The third-order valence-corrected chi connectivity index (χ3v) is 5.90. The summed E-state index contributed by atoms with van der Waals surface area (Å²) in [5.41, 5.74) is 1.96. The molecule has 2 aromatic rings. The molecule has 1 aliphatic heterocycles. The molecule has 7 heteroatoms. The molecule has 0 bridgehead atoms. The summed E-state index contributed by atoms with van der Waals surface area (Å²) in [6.07, 6.45) is 2.43. The van der Waals surface area contributed by atoms with Crippen LogP contribution in [0.5, 0.6) is 5.75 Å². The van der Waals surface area contributed by atoms with Gasteiger partial charge in [0.05, 0.1) is 25.0 Å². The van der Waals surface area contributed by atoms with Crippen LogP contribution in [0, 0.1) is 11.3 Å². The molecule has 0 atom stereocenters. The summed E-state index contributed by atoms with van der Waals surface area (Å²) in [6, 6.07) is 14.5. The molecule has 2 fully saturated rings. The topological polar surface area (TPSA) is 76.8 Å². The number of hydrogen-bond acceptors (Lipinski definition) is 5. The van der Waals surface area contributed by atoms with Gasteiger partial charge in [0, 0.05) is 11.8 Å². The number of benzene rings is 2. The van der Waals surface area contributed by atoms with Crippen LogP contribution in [0.2, 0.25) is 0 Å². The summed E-state index contributed by atoms with van der Waals surface area (Å²) in [4.78, 5) is 16.9. The van der Waals surface area contributed by atoms with Crippen molar-refractivity contribution >= 4 is 34.6 Å². The predicted octanol–water partition coefficient (Wildman–Crippen LogP) is 3.12. The van der Waals surface area contributed by atoms with Crippen LogP contribution >= 0.6 is 12.2 Å². The number of anilines is 2. The van der Waals surface area contributed by atoms with Crippen LogP contribution < -0.4 is 14.5 Å². The Hall–Kier alpha value is -2.95. The third-order valence-electron chi connectivity index (χ3n) is 5.53. The third kappa shape index (κ3) is 2.57. The van der Waals surface area contributed by atoms with Gasteiger partial charge in [0.25, 0.3) is 5.91 Å². The summed E-state index contributed by atoms with van der Waals surface area (Å²) >= 11 is 5.73. The number of nitriles is 1. The van der Waals surface area contributed by atoms with Gasteiger partial charge in [0.2, 0.25) is 0 Å². The van der Waals surface area contributed by atoms with Gasteiger partial charge < -0.3 is 14.7 Å². The van der Waals surface area contributed by atoms with E-state index in [0.29, 0.717) is 22.1 Å². The molecule has 0 aromatic heterocycles. The van der Waals surface area contributed by atoms with Crippen molar-refractivity contribution in [1.29, 1.82) is 5.26 Å². The Bertz CT molecular complexity index is 993. The van der Waals surface area contributed by atoms with Crippen LogP contribution in [-0.4, -0.2) is 28.8 Å². The Balaban J connectivity index is 1.77. The van der Waals surface area contributed by atoms with Crippen molar-refractivity contribution in [3.8, 4) is 11.8 Å². The number of rotatable bonds is 4. The molecule has 1 saturated carbocycles. The van der Waals surface area contributed by atoms with Gasteiger partial charge in [-0.2, -0.15) is 5.26 Å². The maximum absolute atomic E-state index is 13.4. The Morgan fingerprint density at radius 1 is 1.21 bits per heavy atom. The largest absolute Gasteiger partial charge is 0.495 e. The molecule has 6 nitrogen and oxygen atoms in total. The number of amides is 1. The first kappa shape index (κ1) is 18.4. The number of nitrogens with zero attached hydrogens (tertiary/aromatic N) is 3. The van der Waals surface area contributed by atoms with Gasteiger partial charge in [-0.1, -0.05) is 12.1 Å². The molecule has 1 saturated heterocycles. The van der Waals surface area contributed by atoms with Gasteiger partial charge in [-0.25, -0.2) is 0 Å². The quantitative estimate of drug-likeness (QED) is 0.805. The Morgan fingerprint density at radius 3 is 2.43 bits per heavy atom. The van der Waals surface area contributed by atoms with E-state index in [1.165, 1.54) is 12.0 Å². The molecule has 0 unspecified atom stereocenters. The average molecular weight is 393 g/mol. The summed E-state index contributed by atoms with van der Waals surface area (Å²) in [7, 11) is 1.49. The van der Waals surface area contributed by atoms with Crippen molar-refractivity contribution in [2.75, 3.05) is 16.9 Å². The number of hydrogen-bond donors (Lipinski definition) is 1. The van der Waals surface area contributed by atoms with Crippen LogP contribution in [-0.2, 0) is 11.4 Å². The van der Waals surface area contributed by atoms with Gasteiger partial charge in [-0.05, 0) is 61.3 Å². The lowest BCUT2D eigenvalue weighted by Gasteiger charge is -2.43. The van der Waals surface area contributed by atoms with E-state index in [1.54, 1.807) is 18.2 Å². The fourth-order valence-electron chi connectivity index (χ4n) is 3.87. The summed E-state index contributed by atoms with van der Waals surface area (Å²) in [5.74, 6) is 0.353. The SMILES string of the molecule is COc1cc(N2C(=O)C3(CCC3)N(c3ccc(CO)cc3)C2=S)ccc1C#N. The fraction of sp³-hybridized carbons (Fsp3) is 0.286. The van der Waals surface area contributed by atoms with E-state index in [2.05, 4.69) is 6.07 Å². The molecule has 142 valence electrons. The molecule has 2 aliphatic rings. The molecular weight excluding hydrogens is 374 g/mol. The molecule has 0 radical (unpaired) electrons. The normalized spacial score (nSPS) is 17.6. The van der Waals surface area contributed by atoms with Crippen molar-refractivity contribution in [2.45, 2.75) is 31.4 Å². The smallest absolute Gasteiger partial charge is 0.259 e. The summed E-state index contributed by atoms with van der Waals surface area (Å²) in [6.45, 7) is -0.0358. The standard InChI is InChI=1S/C21H19N3O3S/c1-27-18-11-17(8-5-15(18)12-22)23-19(26)21(9-2-10-21)24(20(23)28)16-6-3-14(13-25)4-7-16/h3-8,11,25H,2,9-10,13H2,1H3. The van der Waals surface area contributed by atoms with Crippen LogP contribution in [0.1, 0.15) is 30.4 Å². The molecule has 4 rings (SSSR count). The summed E-state index contributed by atoms with van der Waals surface area (Å²) in [5, 5.41) is 18.9. The van der Waals surface area contributed by atoms with Crippen LogP contribution in [0.4, 0.5) is 11.4 Å². The van der Waals surface area contributed by atoms with Crippen molar-refractivity contribution in [3.63, 3.8) is 0 Å². The van der Waals surface area contributed by atoms with E-state index in [4.69, 9.17) is 17.0 Å². The van der Waals surface area contributed by atoms with Crippen molar-refractivity contribution in [1.82, 2.24) is 0 Å². The maximum atomic E-state index is 13.4. The molecule has 1 amide bonds. The van der Waals surface area contributed by atoms with Crippen LogP contribution in [0.15, 0.2) is 42.5 Å². The van der Waals surface area contributed by atoms with E-state index >= 15 is 0 Å². The Labute approximate surface area is 168 Å². The van der Waals surface area contributed by atoms with Gasteiger partial charge in [0.1, 0.15) is 17.4 Å². The Kier molecular flexibility index (Phi) is 4.53. The van der Waals surface area contributed by atoms with E-state index < -0.39 is 5.54 Å². The monoisotopic (exact) mass is 393 g/mol. The second-order valence-electron chi connectivity index (χ2n) is 6.96. The fourth-order valence-corrected chi connectivity index (χ4v) is 4.34. The highest BCUT2D eigenvalue weighted by atomic mass is 32.1. The first-order valence-electron chi connectivity index (χ1n) is 9.02. The first-order valence-corrected chi connectivity index (χ1v) is 9.43. The minimum absolute atomic E-state index is 0.0358. The number of thiocarbonyl (C=S) groups is 1. The molecule has 1 heterocycles. The second-order valence-corrected chi connectivity index (χ2v) is 7.33. The van der Waals surface area contributed by atoms with Gasteiger partial charge in [-0.15, -0.1) is 0 Å². The van der Waals surface area contributed by atoms with Crippen LogP contribution in [0.3, 0.4) is 0 Å². The molecule has 1 spiro atoms. The maximum Gasteiger partial charge on any atom is 0.259 e. The zero-order valence-corrected chi connectivity index (χ0v) is 16.2. The molecule has 1 aliphatic carbocycles. The number of aliphatic hydroxyl groups is 1. The second kappa shape index (κ2) is 6.89. The minimum Gasteiger partial charge on any atom is -0.495 e.